The maximum Gasteiger partial charge on any atom is 0.308 e. The smallest absolute Gasteiger partial charge is 0.308 e. The molecule has 0 aliphatic carbocycles. The summed E-state index contributed by atoms with van der Waals surface area (Å²) >= 11 is 0. The minimum atomic E-state index is -0.0488. The molecule has 1 unspecified atom stereocenters. The number of hydrogen-bond acceptors (Lipinski definition) is 2. The van der Waals surface area contributed by atoms with Crippen LogP contribution in [0.25, 0.3) is 0 Å². The summed E-state index contributed by atoms with van der Waals surface area (Å²) in [5, 5.41) is 0. The molecule has 2 heteroatoms. The van der Waals surface area contributed by atoms with Gasteiger partial charge in [-0.25, -0.2) is 0 Å². The summed E-state index contributed by atoms with van der Waals surface area (Å²) < 4.78 is 5.01. The van der Waals surface area contributed by atoms with E-state index in [2.05, 4.69) is 31.2 Å². The molecule has 0 aliphatic heterocycles. The molecule has 1 atom stereocenters. The second-order valence-corrected chi connectivity index (χ2v) is 5.60. The zero-order valence-electron chi connectivity index (χ0n) is 13.2. The Kier molecular flexibility index (Phi) is 8.01. The summed E-state index contributed by atoms with van der Waals surface area (Å²) in [5.74, 6) is -0.000941. The average molecular weight is 276 g/mol. The van der Waals surface area contributed by atoms with Crippen LogP contribution in [0.2, 0.25) is 0 Å². The maximum atomic E-state index is 11.5. The van der Waals surface area contributed by atoms with Crippen LogP contribution in [-0.2, 0) is 16.0 Å². The first kappa shape index (κ1) is 16.7. The first-order valence-corrected chi connectivity index (χ1v) is 7.85. The molecule has 1 aromatic rings. The van der Waals surface area contributed by atoms with Crippen molar-refractivity contribution >= 4 is 5.97 Å². The Morgan fingerprint density at radius 3 is 2.65 bits per heavy atom. The standard InChI is InChI=1S/C18H28O2/c1-4-20-18(19)16(3)11-7-5-6-8-12-17-13-9-10-15(2)14-17/h9-10,13-14,16H,4-8,11-12H2,1-3H3. The third-order valence-electron chi connectivity index (χ3n) is 3.62. The maximum absolute atomic E-state index is 11.5. The third kappa shape index (κ3) is 6.74. The molecule has 0 aliphatic rings. The fourth-order valence-corrected chi connectivity index (χ4v) is 2.40. The van der Waals surface area contributed by atoms with Crippen molar-refractivity contribution in [1.82, 2.24) is 0 Å². The summed E-state index contributed by atoms with van der Waals surface area (Å²) in [4.78, 5) is 11.5. The number of ether oxygens (including phenoxy) is 1. The van der Waals surface area contributed by atoms with E-state index < -0.39 is 0 Å². The highest BCUT2D eigenvalue weighted by molar-refractivity contribution is 5.71. The van der Waals surface area contributed by atoms with Crippen LogP contribution >= 0.6 is 0 Å². The Morgan fingerprint density at radius 1 is 1.20 bits per heavy atom. The quantitative estimate of drug-likeness (QED) is 0.483. The van der Waals surface area contributed by atoms with E-state index >= 15 is 0 Å². The van der Waals surface area contributed by atoms with E-state index in [1.807, 2.05) is 13.8 Å². The lowest BCUT2D eigenvalue weighted by Gasteiger charge is -2.09. The van der Waals surface area contributed by atoms with Gasteiger partial charge in [-0.3, -0.25) is 4.79 Å². The molecule has 1 rings (SSSR count). The SMILES string of the molecule is CCOC(=O)C(C)CCCCCCc1cccc(C)c1. The number of carbonyl (C=O) groups excluding carboxylic acids is 1. The van der Waals surface area contributed by atoms with Crippen LogP contribution in [0.1, 0.15) is 57.1 Å². The van der Waals surface area contributed by atoms with Crippen molar-refractivity contribution in [3.63, 3.8) is 0 Å². The fourth-order valence-electron chi connectivity index (χ4n) is 2.40. The van der Waals surface area contributed by atoms with Crippen molar-refractivity contribution in [3.8, 4) is 0 Å². The van der Waals surface area contributed by atoms with Gasteiger partial charge in [-0.2, -0.15) is 0 Å². The number of rotatable bonds is 9. The average Bonchev–Trinajstić information content (AvgIpc) is 2.42. The summed E-state index contributed by atoms with van der Waals surface area (Å²) in [7, 11) is 0. The predicted octanol–water partition coefficient (Wildman–Crippen LogP) is 4.69. The second kappa shape index (κ2) is 9.57. The van der Waals surface area contributed by atoms with E-state index in [4.69, 9.17) is 4.74 Å². The molecule has 20 heavy (non-hydrogen) atoms. The van der Waals surface area contributed by atoms with Gasteiger partial charge in [0.15, 0.2) is 0 Å². The monoisotopic (exact) mass is 276 g/mol. The van der Waals surface area contributed by atoms with Crippen LogP contribution in [0.4, 0.5) is 0 Å². The molecule has 0 N–H and O–H groups in total. The highest BCUT2D eigenvalue weighted by atomic mass is 16.5. The highest BCUT2D eigenvalue weighted by Gasteiger charge is 2.12. The molecule has 0 spiro atoms. The number of hydrogen-bond donors (Lipinski definition) is 0. The molecule has 0 saturated heterocycles. The van der Waals surface area contributed by atoms with E-state index in [0.29, 0.717) is 6.61 Å². The molecular formula is C18H28O2. The number of carbonyl (C=O) groups is 1. The first-order valence-electron chi connectivity index (χ1n) is 7.85. The van der Waals surface area contributed by atoms with Crippen molar-refractivity contribution in [2.24, 2.45) is 5.92 Å². The number of esters is 1. The van der Waals surface area contributed by atoms with Gasteiger partial charge in [-0.05, 0) is 38.7 Å². The topological polar surface area (TPSA) is 26.3 Å². The minimum absolute atomic E-state index is 0.0479. The molecule has 0 heterocycles. The van der Waals surface area contributed by atoms with Gasteiger partial charge in [-0.1, -0.05) is 56.0 Å². The zero-order chi connectivity index (χ0) is 14.8. The van der Waals surface area contributed by atoms with Gasteiger partial charge in [-0.15, -0.1) is 0 Å². The van der Waals surface area contributed by atoms with Gasteiger partial charge in [0.2, 0.25) is 0 Å². The molecule has 1 aromatic carbocycles. The Morgan fingerprint density at radius 2 is 1.95 bits per heavy atom. The number of unbranched alkanes of at least 4 members (excludes halogenated alkanes) is 3. The van der Waals surface area contributed by atoms with Gasteiger partial charge >= 0.3 is 5.97 Å². The van der Waals surface area contributed by atoms with Crippen molar-refractivity contribution in [3.05, 3.63) is 35.4 Å². The van der Waals surface area contributed by atoms with Crippen LogP contribution < -0.4 is 0 Å². The van der Waals surface area contributed by atoms with E-state index in [-0.39, 0.29) is 11.9 Å². The second-order valence-electron chi connectivity index (χ2n) is 5.60. The minimum Gasteiger partial charge on any atom is -0.466 e. The largest absolute Gasteiger partial charge is 0.466 e. The molecule has 0 bridgehead atoms. The molecule has 0 saturated carbocycles. The lowest BCUT2D eigenvalue weighted by atomic mass is 10.0. The van der Waals surface area contributed by atoms with Crippen molar-refractivity contribution in [1.29, 1.82) is 0 Å². The van der Waals surface area contributed by atoms with Gasteiger partial charge in [0.05, 0.1) is 12.5 Å². The molecule has 0 amide bonds. The zero-order valence-corrected chi connectivity index (χ0v) is 13.2. The van der Waals surface area contributed by atoms with Crippen molar-refractivity contribution in [2.45, 2.75) is 59.3 Å². The number of aryl methyl sites for hydroxylation is 2. The van der Waals surface area contributed by atoms with Crippen molar-refractivity contribution in [2.75, 3.05) is 6.61 Å². The molecule has 2 nitrogen and oxygen atoms in total. The van der Waals surface area contributed by atoms with Crippen LogP contribution in [0.15, 0.2) is 24.3 Å². The van der Waals surface area contributed by atoms with E-state index in [0.717, 1.165) is 19.3 Å². The first-order chi connectivity index (χ1) is 9.63. The Bertz CT molecular complexity index is 398. The van der Waals surface area contributed by atoms with E-state index in [1.54, 1.807) is 0 Å². The molecular weight excluding hydrogens is 248 g/mol. The Hall–Kier alpha value is -1.31. The van der Waals surface area contributed by atoms with Crippen LogP contribution in [0.5, 0.6) is 0 Å². The molecule has 0 fully saturated rings. The third-order valence-corrected chi connectivity index (χ3v) is 3.62. The predicted molar refractivity (Wildman–Crippen MR) is 83.8 cm³/mol. The van der Waals surface area contributed by atoms with Crippen LogP contribution in [0.3, 0.4) is 0 Å². The summed E-state index contributed by atoms with van der Waals surface area (Å²) in [6.45, 7) is 6.45. The summed E-state index contributed by atoms with van der Waals surface area (Å²) in [6.07, 6.45) is 6.91. The molecule has 112 valence electrons. The highest BCUT2D eigenvalue weighted by Crippen LogP contribution is 2.14. The van der Waals surface area contributed by atoms with Crippen LogP contribution in [-0.4, -0.2) is 12.6 Å². The Labute approximate surface area is 123 Å². The molecule has 0 radical (unpaired) electrons. The van der Waals surface area contributed by atoms with E-state index in [9.17, 15) is 4.79 Å². The Balaban J connectivity index is 2.06. The van der Waals surface area contributed by atoms with Gasteiger partial charge < -0.3 is 4.74 Å². The van der Waals surface area contributed by atoms with Gasteiger partial charge in [0.1, 0.15) is 0 Å². The van der Waals surface area contributed by atoms with Gasteiger partial charge in [0, 0.05) is 0 Å². The lowest BCUT2D eigenvalue weighted by Crippen LogP contribution is -2.14. The van der Waals surface area contributed by atoms with Crippen LogP contribution in [0, 0.1) is 12.8 Å². The fraction of sp³-hybridized carbons (Fsp3) is 0.611. The normalized spacial score (nSPS) is 12.2. The summed E-state index contributed by atoms with van der Waals surface area (Å²) in [5.41, 5.74) is 2.77. The van der Waals surface area contributed by atoms with Gasteiger partial charge in [0.25, 0.3) is 0 Å². The summed E-state index contributed by atoms with van der Waals surface area (Å²) in [6, 6.07) is 8.74. The van der Waals surface area contributed by atoms with Crippen molar-refractivity contribution < 1.29 is 9.53 Å². The molecule has 0 aromatic heterocycles. The number of benzene rings is 1. The lowest BCUT2D eigenvalue weighted by molar-refractivity contribution is -0.147. The van der Waals surface area contributed by atoms with E-state index in [1.165, 1.54) is 30.4 Å².